The summed E-state index contributed by atoms with van der Waals surface area (Å²) >= 11 is 0. The van der Waals surface area contributed by atoms with E-state index in [4.69, 9.17) is 0 Å². The van der Waals surface area contributed by atoms with Gasteiger partial charge in [-0.15, -0.1) is 6.58 Å². The van der Waals surface area contributed by atoms with Gasteiger partial charge < -0.3 is 4.90 Å². The van der Waals surface area contributed by atoms with Gasteiger partial charge in [-0.25, -0.2) is 0 Å². The zero-order valence-electron chi connectivity index (χ0n) is 9.89. The lowest BCUT2D eigenvalue weighted by Gasteiger charge is -2.16. The molecule has 0 N–H and O–H groups in total. The van der Waals surface area contributed by atoms with Crippen molar-refractivity contribution in [3.63, 3.8) is 0 Å². The normalized spacial score (nSPS) is 23.1. The molecule has 1 heterocycles. The molecule has 2 nitrogen and oxygen atoms in total. The zero-order chi connectivity index (χ0) is 12.3. The van der Waals surface area contributed by atoms with Crippen molar-refractivity contribution < 1.29 is 4.79 Å². The third-order valence-electron chi connectivity index (χ3n) is 3.07. The number of rotatable bonds is 1. The minimum atomic E-state index is -0.0415. The van der Waals surface area contributed by atoms with Gasteiger partial charge in [-0.2, -0.15) is 0 Å². The largest absolute Gasteiger partial charge is 0.331 e. The van der Waals surface area contributed by atoms with Crippen LogP contribution in [-0.2, 0) is 4.79 Å². The maximum absolute atomic E-state index is 11.6. The fourth-order valence-electron chi connectivity index (χ4n) is 1.99. The second-order valence-corrected chi connectivity index (χ2v) is 4.19. The molecule has 0 unspecified atom stereocenters. The van der Waals surface area contributed by atoms with Gasteiger partial charge in [0.15, 0.2) is 0 Å². The molecule has 0 aromatic heterocycles. The Labute approximate surface area is 102 Å². The SMILES string of the molecule is C=C[C@@H]1CC(=O)N(C)[C@H]1C#Cc1ccccc1. The highest BCUT2D eigenvalue weighted by atomic mass is 16.2. The molecular formula is C15H15NO. The van der Waals surface area contributed by atoms with Gasteiger partial charge in [0, 0.05) is 24.9 Å². The van der Waals surface area contributed by atoms with Crippen LogP contribution in [0.25, 0.3) is 0 Å². The first-order chi connectivity index (χ1) is 8.22. The Hall–Kier alpha value is -2.01. The van der Waals surface area contributed by atoms with Gasteiger partial charge >= 0.3 is 0 Å². The number of benzene rings is 1. The number of amides is 1. The summed E-state index contributed by atoms with van der Waals surface area (Å²) in [4.78, 5) is 13.3. The van der Waals surface area contributed by atoms with Crippen molar-refractivity contribution in [2.75, 3.05) is 7.05 Å². The van der Waals surface area contributed by atoms with E-state index in [1.54, 1.807) is 11.9 Å². The smallest absolute Gasteiger partial charge is 0.224 e. The molecule has 86 valence electrons. The van der Waals surface area contributed by atoms with Crippen LogP contribution in [0.2, 0.25) is 0 Å². The van der Waals surface area contributed by atoms with Crippen LogP contribution in [0.15, 0.2) is 43.0 Å². The first-order valence-electron chi connectivity index (χ1n) is 5.67. The second-order valence-electron chi connectivity index (χ2n) is 4.19. The third-order valence-corrected chi connectivity index (χ3v) is 3.07. The van der Waals surface area contributed by atoms with E-state index in [1.165, 1.54) is 0 Å². The summed E-state index contributed by atoms with van der Waals surface area (Å²) in [6, 6.07) is 9.76. The summed E-state index contributed by atoms with van der Waals surface area (Å²) in [5.74, 6) is 6.56. The minimum absolute atomic E-state index is 0.0415. The number of hydrogen-bond acceptors (Lipinski definition) is 1. The number of likely N-dealkylation sites (tertiary alicyclic amines) is 1. The summed E-state index contributed by atoms with van der Waals surface area (Å²) in [7, 11) is 1.80. The van der Waals surface area contributed by atoms with E-state index in [-0.39, 0.29) is 17.9 Å². The summed E-state index contributed by atoms with van der Waals surface area (Å²) in [5, 5.41) is 0. The molecule has 1 saturated heterocycles. The van der Waals surface area contributed by atoms with Gasteiger partial charge in [0.25, 0.3) is 0 Å². The molecule has 1 aromatic carbocycles. The Balaban J connectivity index is 2.21. The van der Waals surface area contributed by atoms with Gasteiger partial charge in [-0.05, 0) is 12.1 Å². The molecule has 1 amide bonds. The van der Waals surface area contributed by atoms with Crippen LogP contribution in [0, 0.1) is 17.8 Å². The first kappa shape index (κ1) is 11.5. The Morgan fingerprint density at radius 1 is 1.41 bits per heavy atom. The van der Waals surface area contributed by atoms with Crippen LogP contribution >= 0.6 is 0 Å². The lowest BCUT2D eigenvalue weighted by molar-refractivity contribution is -0.127. The van der Waals surface area contributed by atoms with Crippen molar-refractivity contribution in [3.05, 3.63) is 48.6 Å². The molecule has 1 aromatic rings. The maximum atomic E-state index is 11.6. The molecule has 2 heteroatoms. The van der Waals surface area contributed by atoms with E-state index in [9.17, 15) is 4.79 Å². The van der Waals surface area contributed by atoms with E-state index in [0.29, 0.717) is 6.42 Å². The molecule has 17 heavy (non-hydrogen) atoms. The molecule has 2 rings (SSSR count). The Morgan fingerprint density at radius 3 is 2.76 bits per heavy atom. The average molecular weight is 225 g/mol. The van der Waals surface area contributed by atoms with E-state index < -0.39 is 0 Å². The highest BCUT2D eigenvalue weighted by Crippen LogP contribution is 2.24. The lowest BCUT2D eigenvalue weighted by atomic mass is 10.0. The minimum Gasteiger partial charge on any atom is -0.331 e. The predicted octanol–water partition coefficient (Wildman–Crippen LogP) is 2.07. The molecule has 1 fully saturated rings. The van der Waals surface area contributed by atoms with Crippen LogP contribution in [0.4, 0.5) is 0 Å². The van der Waals surface area contributed by atoms with Crippen LogP contribution in [-0.4, -0.2) is 23.9 Å². The maximum Gasteiger partial charge on any atom is 0.224 e. The molecule has 0 bridgehead atoms. The van der Waals surface area contributed by atoms with Gasteiger partial charge in [0.05, 0.1) is 6.04 Å². The summed E-state index contributed by atoms with van der Waals surface area (Å²) < 4.78 is 0. The van der Waals surface area contributed by atoms with Crippen LogP contribution in [0.5, 0.6) is 0 Å². The molecule has 0 spiro atoms. The molecule has 0 radical (unpaired) electrons. The summed E-state index contributed by atoms with van der Waals surface area (Å²) in [6.45, 7) is 3.77. The van der Waals surface area contributed by atoms with Crippen molar-refractivity contribution in [3.8, 4) is 11.8 Å². The molecule has 0 saturated carbocycles. The van der Waals surface area contributed by atoms with Crippen molar-refractivity contribution in [1.29, 1.82) is 0 Å². The molecular weight excluding hydrogens is 210 g/mol. The van der Waals surface area contributed by atoms with Crippen LogP contribution in [0.1, 0.15) is 12.0 Å². The van der Waals surface area contributed by atoms with Crippen LogP contribution in [0.3, 0.4) is 0 Å². The van der Waals surface area contributed by atoms with Crippen molar-refractivity contribution in [1.82, 2.24) is 4.90 Å². The van der Waals surface area contributed by atoms with Gasteiger partial charge in [0.1, 0.15) is 0 Å². The lowest BCUT2D eigenvalue weighted by Crippen LogP contribution is -2.29. The predicted molar refractivity (Wildman–Crippen MR) is 68.2 cm³/mol. The molecule has 2 atom stereocenters. The number of hydrogen-bond donors (Lipinski definition) is 0. The number of carbonyl (C=O) groups is 1. The number of carbonyl (C=O) groups excluding carboxylic acids is 1. The van der Waals surface area contributed by atoms with Gasteiger partial charge in [-0.1, -0.05) is 36.1 Å². The van der Waals surface area contributed by atoms with Crippen molar-refractivity contribution >= 4 is 5.91 Å². The molecule has 1 aliphatic rings. The summed E-state index contributed by atoms with van der Waals surface area (Å²) in [5.41, 5.74) is 0.975. The summed E-state index contributed by atoms with van der Waals surface area (Å²) in [6.07, 6.45) is 2.35. The van der Waals surface area contributed by atoms with E-state index in [2.05, 4.69) is 18.4 Å². The van der Waals surface area contributed by atoms with E-state index >= 15 is 0 Å². The van der Waals surface area contributed by atoms with Crippen LogP contribution < -0.4 is 0 Å². The van der Waals surface area contributed by atoms with Gasteiger partial charge in [-0.3, -0.25) is 4.79 Å². The van der Waals surface area contributed by atoms with E-state index in [1.807, 2.05) is 36.4 Å². The average Bonchev–Trinajstić information content (AvgIpc) is 2.64. The fourth-order valence-corrected chi connectivity index (χ4v) is 1.99. The monoisotopic (exact) mass is 225 g/mol. The third kappa shape index (κ3) is 2.39. The Morgan fingerprint density at radius 2 is 2.12 bits per heavy atom. The van der Waals surface area contributed by atoms with Crippen molar-refractivity contribution in [2.45, 2.75) is 12.5 Å². The molecule has 0 aliphatic carbocycles. The quantitative estimate of drug-likeness (QED) is 0.529. The topological polar surface area (TPSA) is 20.3 Å². The zero-order valence-corrected chi connectivity index (χ0v) is 9.89. The Kier molecular flexibility index (Phi) is 3.30. The standard InChI is InChI=1S/C15H15NO/c1-3-13-11-15(17)16(2)14(13)10-9-12-7-5-4-6-8-12/h3-8,13-14H,1,11H2,2H3/t13-,14+/m1/s1. The fraction of sp³-hybridized carbons (Fsp3) is 0.267. The van der Waals surface area contributed by atoms with Gasteiger partial charge in [0.2, 0.25) is 5.91 Å². The van der Waals surface area contributed by atoms with E-state index in [0.717, 1.165) is 5.56 Å². The highest BCUT2D eigenvalue weighted by Gasteiger charge is 2.34. The Bertz CT molecular complexity index is 481. The molecule has 1 aliphatic heterocycles. The first-order valence-corrected chi connectivity index (χ1v) is 5.67. The number of nitrogens with zero attached hydrogens (tertiary/aromatic N) is 1. The second kappa shape index (κ2) is 4.88. The highest BCUT2D eigenvalue weighted by molar-refractivity contribution is 5.80. The van der Waals surface area contributed by atoms with Crippen molar-refractivity contribution in [2.24, 2.45) is 5.92 Å².